The van der Waals surface area contributed by atoms with Gasteiger partial charge in [-0.15, -0.1) is 0 Å². The van der Waals surface area contributed by atoms with Crippen LogP contribution in [0.25, 0.3) is 128 Å². The lowest BCUT2D eigenvalue weighted by molar-refractivity contribution is 1.11. The van der Waals surface area contributed by atoms with Gasteiger partial charge in [0.15, 0.2) is 0 Å². The molecule has 0 saturated carbocycles. The summed E-state index contributed by atoms with van der Waals surface area (Å²) in [5.41, 5.74) is 19.9. The van der Waals surface area contributed by atoms with Gasteiger partial charge in [-0.2, -0.15) is 0 Å². The molecule has 0 aliphatic rings. The monoisotopic (exact) mass is 908 g/mol. The van der Waals surface area contributed by atoms with Gasteiger partial charge in [0.1, 0.15) is 0 Å². The van der Waals surface area contributed by atoms with Gasteiger partial charge in [-0.1, -0.05) is 109 Å². The van der Waals surface area contributed by atoms with Crippen LogP contribution in [0, 0.1) is 0 Å². The zero-order valence-electron chi connectivity index (χ0n) is 38.9. The molecule has 0 aliphatic heterocycles. The minimum Gasteiger partial charge on any atom is -0.309 e. The van der Waals surface area contributed by atoms with Crippen molar-refractivity contribution in [2.45, 2.75) is 6.92 Å². The number of nitrogens with zero attached hydrogens (tertiary/aromatic N) is 6. The second-order valence-corrected chi connectivity index (χ2v) is 18.3. The summed E-state index contributed by atoms with van der Waals surface area (Å²) in [5.74, 6) is 0. The SMILES string of the molecule is C=Nc1c(/C=C\C)n(-c2ccc3c(c2)c2cc(-c4cccc(-c5ccc6c(c5)c5cc(-n7c8ccccc8c8ncccc87)ccc5n6-c5ccccc5)c4)ccc2n3-c2ccccc2)c2ccccc12. The fourth-order valence-electron chi connectivity index (χ4n) is 11.3. The molecule has 0 amide bonds. The first kappa shape index (κ1) is 40.5. The molecule has 5 heterocycles. The zero-order valence-corrected chi connectivity index (χ0v) is 38.9. The quantitative estimate of drug-likeness (QED) is 0.140. The van der Waals surface area contributed by atoms with E-state index in [1.165, 1.54) is 21.5 Å². The van der Waals surface area contributed by atoms with E-state index >= 15 is 0 Å². The minimum absolute atomic E-state index is 0.885. The number of fused-ring (bicyclic) bond motifs is 10. The fraction of sp³-hybridized carbons (Fsp3) is 0.0154. The lowest BCUT2D eigenvalue weighted by Crippen LogP contribution is -1.97. The van der Waals surface area contributed by atoms with E-state index in [1.807, 2.05) is 19.2 Å². The molecule has 5 aromatic heterocycles. The van der Waals surface area contributed by atoms with Gasteiger partial charge in [0.05, 0.1) is 55.5 Å². The van der Waals surface area contributed by atoms with Gasteiger partial charge < -0.3 is 18.3 Å². The molecular formula is C65H44N6. The Bertz CT molecular complexity index is 4430. The molecule has 0 bridgehead atoms. The molecule has 334 valence electrons. The lowest BCUT2D eigenvalue weighted by Gasteiger charge is -2.11. The molecule has 71 heavy (non-hydrogen) atoms. The molecule has 0 fully saturated rings. The summed E-state index contributed by atoms with van der Waals surface area (Å²) in [6.45, 7) is 6.03. The van der Waals surface area contributed by atoms with Gasteiger partial charge in [0, 0.05) is 61.3 Å². The van der Waals surface area contributed by atoms with Gasteiger partial charge in [-0.05, 0) is 157 Å². The van der Waals surface area contributed by atoms with E-state index in [2.05, 4.69) is 254 Å². The first-order valence-corrected chi connectivity index (χ1v) is 24.1. The van der Waals surface area contributed by atoms with E-state index in [1.54, 1.807) is 0 Å². The Hall–Kier alpha value is -9.52. The molecule has 6 heteroatoms. The third kappa shape index (κ3) is 6.21. The third-order valence-electron chi connectivity index (χ3n) is 14.4. The summed E-state index contributed by atoms with van der Waals surface area (Å²) in [6.07, 6.45) is 6.09. The number of para-hydroxylation sites is 4. The van der Waals surface area contributed by atoms with Crippen LogP contribution in [0.3, 0.4) is 0 Å². The van der Waals surface area contributed by atoms with E-state index in [0.717, 1.165) is 111 Å². The van der Waals surface area contributed by atoms with Crippen LogP contribution in [0.1, 0.15) is 12.6 Å². The summed E-state index contributed by atoms with van der Waals surface area (Å²) in [7, 11) is 0. The number of pyridine rings is 1. The third-order valence-corrected chi connectivity index (χ3v) is 14.4. The van der Waals surface area contributed by atoms with Gasteiger partial charge in [-0.25, -0.2) is 0 Å². The lowest BCUT2D eigenvalue weighted by atomic mass is 9.97. The van der Waals surface area contributed by atoms with Gasteiger partial charge >= 0.3 is 0 Å². The smallest absolute Gasteiger partial charge is 0.0963 e. The maximum atomic E-state index is 4.83. The average Bonchev–Trinajstić information content (AvgIpc) is 4.15. The van der Waals surface area contributed by atoms with Crippen molar-refractivity contribution in [3.05, 3.63) is 236 Å². The Balaban J connectivity index is 0.934. The van der Waals surface area contributed by atoms with Crippen molar-refractivity contribution in [3.63, 3.8) is 0 Å². The number of aliphatic imine (C=N–C) groups is 1. The van der Waals surface area contributed by atoms with Crippen LogP contribution in [0.4, 0.5) is 5.69 Å². The summed E-state index contributed by atoms with van der Waals surface area (Å²) in [4.78, 5) is 9.37. The molecule has 14 aromatic rings. The van der Waals surface area contributed by atoms with Crippen molar-refractivity contribution in [1.82, 2.24) is 23.3 Å². The van der Waals surface area contributed by atoms with Crippen molar-refractivity contribution in [3.8, 4) is 45.0 Å². The van der Waals surface area contributed by atoms with Crippen molar-refractivity contribution < 1.29 is 0 Å². The second-order valence-electron chi connectivity index (χ2n) is 18.3. The number of allylic oxidation sites excluding steroid dienone is 1. The van der Waals surface area contributed by atoms with Crippen molar-refractivity contribution >= 4 is 94.9 Å². The molecule has 14 rings (SSSR count). The van der Waals surface area contributed by atoms with E-state index in [-0.39, 0.29) is 0 Å². The summed E-state index contributed by atoms with van der Waals surface area (Å²) >= 11 is 0. The highest BCUT2D eigenvalue weighted by molar-refractivity contribution is 6.14. The molecule has 9 aromatic carbocycles. The molecule has 0 radical (unpaired) electrons. The number of hydrogen-bond donors (Lipinski definition) is 0. The Morgan fingerprint density at radius 1 is 0.366 bits per heavy atom. The van der Waals surface area contributed by atoms with Crippen LogP contribution < -0.4 is 0 Å². The molecule has 0 atom stereocenters. The molecule has 6 nitrogen and oxygen atoms in total. The fourth-order valence-corrected chi connectivity index (χ4v) is 11.3. The number of rotatable bonds is 8. The minimum atomic E-state index is 0.885. The summed E-state index contributed by atoms with van der Waals surface area (Å²) in [5, 5.41) is 6.97. The largest absolute Gasteiger partial charge is 0.309 e. The number of aromatic nitrogens is 5. The molecule has 0 aliphatic carbocycles. The van der Waals surface area contributed by atoms with Crippen LogP contribution in [-0.2, 0) is 0 Å². The predicted molar refractivity (Wildman–Crippen MR) is 299 cm³/mol. The maximum absolute atomic E-state index is 4.83. The van der Waals surface area contributed by atoms with Crippen LogP contribution in [0.5, 0.6) is 0 Å². The Labute approximate surface area is 409 Å². The highest BCUT2D eigenvalue weighted by Gasteiger charge is 2.21. The van der Waals surface area contributed by atoms with E-state index in [9.17, 15) is 0 Å². The number of benzene rings is 9. The number of hydrogen-bond acceptors (Lipinski definition) is 2. The molecule has 0 spiro atoms. The molecule has 0 N–H and O–H groups in total. The summed E-state index contributed by atoms with van der Waals surface area (Å²) < 4.78 is 9.44. The summed E-state index contributed by atoms with van der Waals surface area (Å²) in [6, 6.07) is 79.2. The first-order valence-electron chi connectivity index (χ1n) is 24.1. The van der Waals surface area contributed by atoms with E-state index in [0.29, 0.717) is 0 Å². The van der Waals surface area contributed by atoms with Crippen LogP contribution in [0.15, 0.2) is 236 Å². The van der Waals surface area contributed by atoms with Crippen molar-refractivity contribution in [1.29, 1.82) is 0 Å². The zero-order chi connectivity index (χ0) is 47.2. The van der Waals surface area contributed by atoms with E-state index in [4.69, 9.17) is 4.98 Å². The average molecular weight is 909 g/mol. The highest BCUT2D eigenvalue weighted by atomic mass is 15.0. The van der Waals surface area contributed by atoms with Crippen molar-refractivity contribution in [2.75, 3.05) is 0 Å². The first-order chi connectivity index (χ1) is 35.1. The topological polar surface area (TPSA) is 45.0 Å². The van der Waals surface area contributed by atoms with Crippen LogP contribution in [-0.4, -0.2) is 30.0 Å². The second kappa shape index (κ2) is 16.0. The predicted octanol–water partition coefficient (Wildman–Crippen LogP) is 17.0. The molecule has 0 unspecified atom stereocenters. The highest BCUT2D eigenvalue weighted by Crippen LogP contribution is 2.42. The van der Waals surface area contributed by atoms with Crippen molar-refractivity contribution in [2.24, 2.45) is 4.99 Å². The van der Waals surface area contributed by atoms with Gasteiger partial charge in [0.2, 0.25) is 0 Å². The van der Waals surface area contributed by atoms with Crippen LogP contribution >= 0.6 is 0 Å². The van der Waals surface area contributed by atoms with Gasteiger partial charge in [0.25, 0.3) is 0 Å². The Morgan fingerprint density at radius 2 is 0.817 bits per heavy atom. The molecular weight excluding hydrogens is 865 g/mol. The van der Waals surface area contributed by atoms with Crippen LogP contribution in [0.2, 0.25) is 0 Å². The standard InChI is InChI=1S/C65H44N6/c1-3-16-62-64(66-2)50-23-10-12-25-56(50)70(62)48-30-34-60-54(40-48)52-38-44(28-32-58(52)68(60)46-19-6-4-7-20-46)42-17-14-18-43(37-42)45-29-33-59-53(39-45)55-41-49(31-35-61(55)69(59)47-21-8-5-9-22-47)71-57-26-13-11-24-51(57)65-63(71)27-15-36-67-65/h3-41H,2H2,1H3/b16-3-. The van der Waals surface area contributed by atoms with Gasteiger partial charge in [-0.3, -0.25) is 9.98 Å². The molecule has 0 saturated heterocycles. The normalized spacial score (nSPS) is 12.0. The van der Waals surface area contributed by atoms with E-state index < -0.39 is 0 Å². The Kier molecular flexibility index (Phi) is 9.16. The maximum Gasteiger partial charge on any atom is 0.0963 e. The Morgan fingerprint density at radius 3 is 1.39 bits per heavy atom.